The maximum absolute atomic E-state index is 13.3. The molecular formula is C22H25N3O. The van der Waals surface area contributed by atoms with Crippen molar-refractivity contribution in [1.82, 2.24) is 14.8 Å². The van der Waals surface area contributed by atoms with E-state index in [2.05, 4.69) is 46.0 Å². The van der Waals surface area contributed by atoms with Crippen LogP contribution in [0, 0.1) is 12.8 Å². The monoisotopic (exact) mass is 347 g/mol. The lowest BCUT2D eigenvalue weighted by Crippen LogP contribution is -2.60. The molecule has 2 aromatic rings. The van der Waals surface area contributed by atoms with Crippen molar-refractivity contribution in [2.75, 3.05) is 19.6 Å². The van der Waals surface area contributed by atoms with Gasteiger partial charge in [0, 0.05) is 36.5 Å². The van der Waals surface area contributed by atoms with Crippen LogP contribution < -0.4 is 0 Å². The van der Waals surface area contributed by atoms with Crippen molar-refractivity contribution in [1.29, 1.82) is 0 Å². The predicted octanol–water partition coefficient (Wildman–Crippen LogP) is 3.09. The van der Waals surface area contributed by atoms with Crippen LogP contribution in [0.25, 0.3) is 0 Å². The normalized spacial score (nSPS) is 32.5. The van der Waals surface area contributed by atoms with Gasteiger partial charge in [0.15, 0.2) is 0 Å². The minimum absolute atomic E-state index is 0.172. The summed E-state index contributed by atoms with van der Waals surface area (Å²) in [6.45, 7) is 5.33. The van der Waals surface area contributed by atoms with E-state index >= 15 is 0 Å². The van der Waals surface area contributed by atoms with Gasteiger partial charge in [0.25, 0.3) is 5.91 Å². The van der Waals surface area contributed by atoms with E-state index in [0.717, 1.165) is 12.1 Å². The summed E-state index contributed by atoms with van der Waals surface area (Å²) in [5, 5.41) is 0. The Morgan fingerprint density at radius 1 is 1.00 bits per heavy atom. The van der Waals surface area contributed by atoms with Crippen LogP contribution in [0.2, 0.25) is 0 Å². The first-order chi connectivity index (χ1) is 12.7. The van der Waals surface area contributed by atoms with Crippen molar-refractivity contribution >= 4 is 5.91 Å². The molecule has 4 aliphatic rings. The molecule has 4 fully saturated rings. The molecular weight excluding hydrogens is 322 g/mol. The number of pyridine rings is 1. The first-order valence-electron chi connectivity index (χ1n) is 9.74. The second-order valence-corrected chi connectivity index (χ2v) is 8.07. The van der Waals surface area contributed by atoms with Crippen LogP contribution in [0.15, 0.2) is 48.8 Å². The molecule has 1 amide bonds. The molecule has 0 unspecified atom stereocenters. The van der Waals surface area contributed by atoms with Crippen molar-refractivity contribution in [3.05, 3.63) is 65.5 Å². The highest BCUT2D eigenvalue weighted by atomic mass is 16.2. The fourth-order valence-electron chi connectivity index (χ4n) is 5.42. The van der Waals surface area contributed by atoms with E-state index in [1.165, 1.54) is 37.1 Å². The quantitative estimate of drug-likeness (QED) is 0.838. The maximum Gasteiger partial charge on any atom is 0.254 e. The molecule has 0 aliphatic carbocycles. The third kappa shape index (κ3) is 2.47. The van der Waals surface area contributed by atoms with Gasteiger partial charge in [0.05, 0.1) is 6.04 Å². The fraction of sp³-hybridized carbons (Fsp3) is 0.455. The average Bonchev–Trinajstić information content (AvgIpc) is 3.12. The number of likely N-dealkylation sites (tertiary alicyclic amines) is 1. The lowest BCUT2D eigenvalue weighted by Gasteiger charge is -2.51. The second kappa shape index (κ2) is 6.20. The lowest BCUT2D eigenvalue weighted by atomic mass is 9.75. The van der Waals surface area contributed by atoms with E-state index in [4.69, 9.17) is 0 Å². The summed E-state index contributed by atoms with van der Waals surface area (Å²) in [4.78, 5) is 22.2. The number of carbonyl (C=O) groups excluding carboxylic acids is 1. The van der Waals surface area contributed by atoms with Gasteiger partial charge in [-0.3, -0.25) is 14.7 Å². The Bertz CT molecular complexity index is 796. The summed E-state index contributed by atoms with van der Waals surface area (Å²) < 4.78 is 0. The molecule has 4 heteroatoms. The molecule has 5 heterocycles. The summed E-state index contributed by atoms with van der Waals surface area (Å²) in [6.07, 6.45) is 5.88. The number of aryl methyl sites for hydroxylation is 1. The number of piperidine rings is 3. The van der Waals surface area contributed by atoms with Crippen LogP contribution in [0.3, 0.4) is 0 Å². The maximum atomic E-state index is 13.3. The number of rotatable bonds is 2. The number of amides is 1. The molecule has 3 atom stereocenters. The molecule has 1 aromatic carbocycles. The highest BCUT2D eigenvalue weighted by Crippen LogP contribution is 2.46. The first-order valence-corrected chi connectivity index (χ1v) is 9.74. The van der Waals surface area contributed by atoms with Crippen LogP contribution in [0.5, 0.6) is 0 Å². The molecule has 134 valence electrons. The zero-order chi connectivity index (χ0) is 17.7. The molecule has 0 saturated carbocycles. The first kappa shape index (κ1) is 16.0. The summed E-state index contributed by atoms with van der Waals surface area (Å²) in [5.41, 5.74) is 3.43. The zero-order valence-corrected chi connectivity index (χ0v) is 15.2. The smallest absolute Gasteiger partial charge is 0.254 e. The van der Waals surface area contributed by atoms with E-state index in [0.29, 0.717) is 23.9 Å². The van der Waals surface area contributed by atoms with E-state index in [1.807, 2.05) is 12.1 Å². The van der Waals surface area contributed by atoms with Gasteiger partial charge in [-0.05, 0) is 56.5 Å². The van der Waals surface area contributed by atoms with Crippen molar-refractivity contribution in [2.45, 2.75) is 37.8 Å². The van der Waals surface area contributed by atoms with Crippen molar-refractivity contribution in [3.8, 4) is 0 Å². The van der Waals surface area contributed by atoms with Gasteiger partial charge in [0.2, 0.25) is 0 Å². The van der Waals surface area contributed by atoms with Gasteiger partial charge in [-0.25, -0.2) is 0 Å². The minimum atomic E-state index is 0.172. The van der Waals surface area contributed by atoms with Crippen LogP contribution >= 0.6 is 0 Å². The Kier molecular flexibility index (Phi) is 3.82. The molecule has 1 aromatic heterocycles. The molecule has 0 spiro atoms. The summed E-state index contributed by atoms with van der Waals surface area (Å²) in [5.74, 6) is 1.23. The van der Waals surface area contributed by atoms with Crippen LogP contribution in [-0.2, 0) is 0 Å². The highest BCUT2D eigenvalue weighted by Gasteiger charge is 2.54. The molecule has 4 aliphatic heterocycles. The van der Waals surface area contributed by atoms with Gasteiger partial charge in [-0.2, -0.15) is 0 Å². The Morgan fingerprint density at radius 2 is 1.69 bits per heavy atom. The number of benzene rings is 1. The van der Waals surface area contributed by atoms with E-state index in [9.17, 15) is 4.79 Å². The Hall–Kier alpha value is -2.20. The van der Waals surface area contributed by atoms with Crippen LogP contribution in [-0.4, -0.2) is 52.4 Å². The molecule has 4 saturated heterocycles. The number of nitrogens with zero attached hydrogens (tertiary/aromatic N) is 3. The van der Waals surface area contributed by atoms with Gasteiger partial charge in [0.1, 0.15) is 0 Å². The largest absolute Gasteiger partial charge is 0.333 e. The molecule has 0 N–H and O–H groups in total. The molecule has 6 rings (SSSR count). The van der Waals surface area contributed by atoms with E-state index in [1.54, 1.807) is 12.4 Å². The van der Waals surface area contributed by atoms with Gasteiger partial charge in [-0.15, -0.1) is 0 Å². The highest BCUT2D eigenvalue weighted by molar-refractivity contribution is 5.94. The van der Waals surface area contributed by atoms with E-state index < -0.39 is 0 Å². The Morgan fingerprint density at radius 3 is 2.38 bits per heavy atom. The predicted molar refractivity (Wildman–Crippen MR) is 101 cm³/mol. The van der Waals surface area contributed by atoms with Gasteiger partial charge in [-0.1, -0.05) is 29.8 Å². The van der Waals surface area contributed by atoms with E-state index in [-0.39, 0.29) is 5.91 Å². The third-order valence-electron chi connectivity index (χ3n) is 6.69. The zero-order valence-electron chi connectivity index (χ0n) is 15.2. The number of hydrogen-bond acceptors (Lipinski definition) is 3. The number of hydrogen-bond donors (Lipinski definition) is 0. The summed E-state index contributed by atoms with van der Waals surface area (Å²) >= 11 is 0. The Balaban J connectivity index is 1.52. The van der Waals surface area contributed by atoms with Crippen molar-refractivity contribution in [2.24, 2.45) is 5.92 Å². The SMILES string of the molecule is Cc1ccc([C@@H]2CN(C(=O)c3ccncc3)[C@H]3C4CCN(CC4)[C@@H]23)cc1. The molecule has 0 radical (unpaired) electrons. The number of carbonyl (C=O) groups is 1. The summed E-state index contributed by atoms with van der Waals surface area (Å²) in [6, 6.07) is 13.4. The summed E-state index contributed by atoms with van der Waals surface area (Å²) in [7, 11) is 0. The standard InChI is InChI=1S/C22H25N3O/c1-15-2-4-16(5-3-15)19-14-25(22(26)18-6-10-23-11-7-18)20-17-8-12-24(13-9-17)21(19)20/h2-7,10-11,17,19-21H,8-9,12-14H2,1H3/t19-,20-,21-/m0/s1. The second-order valence-electron chi connectivity index (χ2n) is 8.07. The number of fused-ring (bicyclic) bond motifs is 2. The Labute approximate surface area is 154 Å². The average molecular weight is 347 g/mol. The molecule has 26 heavy (non-hydrogen) atoms. The van der Waals surface area contributed by atoms with Crippen LogP contribution in [0.4, 0.5) is 0 Å². The van der Waals surface area contributed by atoms with Gasteiger partial charge < -0.3 is 4.90 Å². The molecule has 2 bridgehead atoms. The van der Waals surface area contributed by atoms with Gasteiger partial charge >= 0.3 is 0 Å². The topological polar surface area (TPSA) is 36.4 Å². The van der Waals surface area contributed by atoms with Crippen molar-refractivity contribution in [3.63, 3.8) is 0 Å². The third-order valence-corrected chi connectivity index (χ3v) is 6.69. The van der Waals surface area contributed by atoms with Crippen molar-refractivity contribution < 1.29 is 4.79 Å². The van der Waals surface area contributed by atoms with Crippen LogP contribution in [0.1, 0.15) is 40.2 Å². The lowest BCUT2D eigenvalue weighted by molar-refractivity contribution is -0.00341. The molecule has 4 nitrogen and oxygen atoms in total. The number of aromatic nitrogens is 1. The fourth-order valence-corrected chi connectivity index (χ4v) is 5.42. The minimum Gasteiger partial charge on any atom is -0.333 e.